The van der Waals surface area contributed by atoms with Crippen LogP contribution in [0.15, 0.2) is 18.2 Å². The highest BCUT2D eigenvalue weighted by Gasteiger charge is 2.13. The number of hydrogen-bond acceptors (Lipinski definition) is 2. The Morgan fingerprint density at radius 2 is 1.94 bits per heavy atom. The molecule has 1 atom stereocenters. The van der Waals surface area contributed by atoms with Gasteiger partial charge in [0, 0.05) is 6.04 Å². The zero-order valence-electron chi connectivity index (χ0n) is 9.40. The second-order valence-electron chi connectivity index (χ2n) is 4.18. The molecule has 0 aliphatic heterocycles. The molecule has 0 radical (unpaired) electrons. The molecule has 1 rings (SSSR count). The van der Waals surface area contributed by atoms with E-state index in [1.807, 2.05) is 13.8 Å². The minimum Gasteiger partial charge on any atom is -0.481 e. The van der Waals surface area contributed by atoms with Gasteiger partial charge in [0.05, 0.1) is 6.42 Å². The van der Waals surface area contributed by atoms with Crippen LogP contribution in [0.3, 0.4) is 0 Å². The molecule has 3 N–H and O–H groups in total. The van der Waals surface area contributed by atoms with Crippen molar-refractivity contribution in [3.63, 3.8) is 0 Å². The average Bonchev–Trinajstić information content (AvgIpc) is 2.15. The highest BCUT2D eigenvalue weighted by molar-refractivity contribution is 5.67. The molecule has 0 aliphatic rings. The van der Waals surface area contributed by atoms with E-state index in [1.54, 1.807) is 6.07 Å². The van der Waals surface area contributed by atoms with Gasteiger partial charge >= 0.3 is 5.97 Å². The molecular formula is C12H16FNO2. The number of carboxylic acids is 1. The maximum Gasteiger partial charge on any atom is 0.305 e. The molecule has 1 aromatic rings. The summed E-state index contributed by atoms with van der Waals surface area (Å²) in [5.74, 6) is -1.17. The van der Waals surface area contributed by atoms with Crippen LogP contribution >= 0.6 is 0 Å². The summed E-state index contributed by atoms with van der Waals surface area (Å²) in [4.78, 5) is 10.5. The lowest BCUT2D eigenvalue weighted by molar-refractivity contribution is -0.137. The lowest BCUT2D eigenvalue weighted by Gasteiger charge is -2.13. The van der Waals surface area contributed by atoms with Gasteiger partial charge in [0.1, 0.15) is 5.82 Å². The predicted octanol–water partition coefficient (Wildman–Crippen LogP) is 2.42. The molecule has 1 aromatic carbocycles. The zero-order chi connectivity index (χ0) is 12.3. The third-order valence-electron chi connectivity index (χ3n) is 2.43. The normalized spacial score (nSPS) is 12.8. The van der Waals surface area contributed by atoms with Crippen LogP contribution in [-0.2, 0) is 4.79 Å². The van der Waals surface area contributed by atoms with E-state index >= 15 is 0 Å². The largest absolute Gasteiger partial charge is 0.481 e. The van der Waals surface area contributed by atoms with Gasteiger partial charge in [-0.1, -0.05) is 19.9 Å². The molecule has 4 heteroatoms. The van der Waals surface area contributed by atoms with Crippen molar-refractivity contribution in [3.05, 3.63) is 35.1 Å². The Morgan fingerprint density at radius 3 is 2.44 bits per heavy atom. The van der Waals surface area contributed by atoms with Gasteiger partial charge in [-0.25, -0.2) is 4.39 Å². The van der Waals surface area contributed by atoms with E-state index in [9.17, 15) is 9.18 Å². The van der Waals surface area contributed by atoms with Gasteiger partial charge in [-0.15, -0.1) is 0 Å². The highest BCUT2D eigenvalue weighted by Crippen LogP contribution is 2.22. The Bertz CT molecular complexity index is 391. The van der Waals surface area contributed by atoms with Gasteiger partial charge in [0.2, 0.25) is 0 Å². The Labute approximate surface area is 94.1 Å². The van der Waals surface area contributed by atoms with Crippen molar-refractivity contribution in [3.8, 4) is 0 Å². The highest BCUT2D eigenvalue weighted by atomic mass is 19.1. The van der Waals surface area contributed by atoms with Crippen molar-refractivity contribution in [2.75, 3.05) is 0 Å². The summed E-state index contributed by atoms with van der Waals surface area (Å²) >= 11 is 0. The van der Waals surface area contributed by atoms with E-state index < -0.39 is 12.0 Å². The average molecular weight is 225 g/mol. The number of carboxylic acid groups (broad SMARTS) is 1. The molecule has 16 heavy (non-hydrogen) atoms. The van der Waals surface area contributed by atoms with Crippen molar-refractivity contribution >= 4 is 5.97 Å². The Morgan fingerprint density at radius 1 is 1.38 bits per heavy atom. The molecule has 0 fully saturated rings. The van der Waals surface area contributed by atoms with Gasteiger partial charge < -0.3 is 10.8 Å². The number of hydrogen-bond donors (Lipinski definition) is 2. The third-order valence-corrected chi connectivity index (χ3v) is 2.43. The van der Waals surface area contributed by atoms with Crippen LogP contribution in [0.1, 0.15) is 43.4 Å². The van der Waals surface area contributed by atoms with E-state index in [4.69, 9.17) is 10.8 Å². The summed E-state index contributed by atoms with van der Waals surface area (Å²) in [6, 6.07) is 3.84. The van der Waals surface area contributed by atoms with Gasteiger partial charge in [0.15, 0.2) is 0 Å². The molecule has 0 saturated heterocycles. The van der Waals surface area contributed by atoms with Gasteiger partial charge in [-0.3, -0.25) is 4.79 Å². The molecule has 0 spiro atoms. The molecule has 0 aromatic heterocycles. The van der Waals surface area contributed by atoms with Crippen LogP contribution < -0.4 is 5.73 Å². The van der Waals surface area contributed by atoms with Crippen LogP contribution in [0.2, 0.25) is 0 Å². The van der Waals surface area contributed by atoms with Gasteiger partial charge in [-0.05, 0) is 29.2 Å². The van der Waals surface area contributed by atoms with Crippen molar-refractivity contribution < 1.29 is 14.3 Å². The monoisotopic (exact) mass is 225 g/mol. The van der Waals surface area contributed by atoms with E-state index in [2.05, 4.69) is 0 Å². The number of carbonyl (C=O) groups is 1. The van der Waals surface area contributed by atoms with Crippen LogP contribution in [0.5, 0.6) is 0 Å². The number of halogens is 1. The minimum absolute atomic E-state index is 0.187. The van der Waals surface area contributed by atoms with Crippen LogP contribution in [-0.4, -0.2) is 11.1 Å². The third kappa shape index (κ3) is 3.31. The summed E-state index contributed by atoms with van der Waals surface area (Å²) in [7, 11) is 0. The van der Waals surface area contributed by atoms with E-state index in [-0.39, 0.29) is 18.2 Å². The number of nitrogens with two attached hydrogens (primary N) is 1. The van der Waals surface area contributed by atoms with Crippen molar-refractivity contribution in [2.24, 2.45) is 5.73 Å². The van der Waals surface area contributed by atoms with E-state index in [0.29, 0.717) is 5.56 Å². The summed E-state index contributed by atoms with van der Waals surface area (Å²) in [5, 5.41) is 8.62. The second-order valence-corrected chi connectivity index (χ2v) is 4.18. The summed E-state index contributed by atoms with van der Waals surface area (Å²) in [6.07, 6.45) is -0.193. The summed E-state index contributed by atoms with van der Waals surface area (Å²) in [6.45, 7) is 3.89. The topological polar surface area (TPSA) is 63.3 Å². The lowest BCUT2D eigenvalue weighted by Crippen LogP contribution is -2.15. The summed E-state index contributed by atoms with van der Waals surface area (Å²) < 4.78 is 13.3. The van der Waals surface area contributed by atoms with Crippen LogP contribution in [0.25, 0.3) is 0 Å². The Kier molecular flexibility index (Phi) is 4.01. The molecule has 0 aliphatic carbocycles. The smallest absolute Gasteiger partial charge is 0.305 e. The molecule has 0 heterocycles. The predicted molar refractivity (Wildman–Crippen MR) is 59.7 cm³/mol. The van der Waals surface area contributed by atoms with Gasteiger partial charge in [0.25, 0.3) is 0 Å². The molecule has 0 saturated carbocycles. The van der Waals surface area contributed by atoms with Crippen molar-refractivity contribution in [1.82, 2.24) is 0 Å². The molecule has 3 nitrogen and oxygen atoms in total. The lowest BCUT2D eigenvalue weighted by atomic mass is 9.96. The molecular weight excluding hydrogens is 209 g/mol. The fourth-order valence-corrected chi connectivity index (χ4v) is 1.49. The first-order valence-electron chi connectivity index (χ1n) is 5.18. The quantitative estimate of drug-likeness (QED) is 0.827. The van der Waals surface area contributed by atoms with E-state index in [0.717, 1.165) is 5.56 Å². The van der Waals surface area contributed by atoms with Gasteiger partial charge in [-0.2, -0.15) is 0 Å². The first kappa shape index (κ1) is 12.6. The van der Waals surface area contributed by atoms with Crippen LogP contribution in [0, 0.1) is 5.82 Å². The fourth-order valence-electron chi connectivity index (χ4n) is 1.49. The maximum atomic E-state index is 13.3. The number of benzene rings is 1. The molecule has 0 amide bonds. The number of rotatable bonds is 4. The minimum atomic E-state index is -0.983. The second kappa shape index (κ2) is 5.07. The Hall–Kier alpha value is -1.42. The van der Waals surface area contributed by atoms with Crippen molar-refractivity contribution in [2.45, 2.75) is 32.2 Å². The van der Waals surface area contributed by atoms with Crippen LogP contribution in [0.4, 0.5) is 4.39 Å². The fraction of sp³-hybridized carbons (Fsp3) is 0.417. The SMILES string of the molecule is CC(C)c1cc(F)cc(C(N)CC(=O)O)c1. The summed E-state index contributed by atoms with van der Waals surface area (Å²) in [5.41, 5.74) is 7.05. The first-order chi connectivity index (χ1) is 7.40. The Balaban J connectivity index is 2.99. The first-order valence-corrected chi connectivity index (χ1v) is 5.18. The standard InChI is InChI=1S/C12H16FNO2/c1-7(2)8-3-9(5-10(13)4-8)11(14)6-12(15)16/h3-5,7,11H,6,14H2,1-2H3,(H,15,16). The van der Waals surface area contributed by atoms with E-state index in [1.165, 1.54) is 12.1 Å². The van der Waals surface area contributed by atoms with Crippen molar-refractivity contribution in [1.29, 1.82) is 0 Å². The number of aliphatic carboxylic acids is 1. The maximum absolute atomic E-state index is 13.3. The molecule has 88 valence electrons. The molecule has 1 unspecified atom stereocenters. The molecule has 0 bridgehead atoms. The zero-order valence-corrected chi connectivity index (χ0v) is 9.40.